The summed E-state index contributed by atoms with van der Waals surface area (Å²) in [5.74, 6) is 0.901. The lowest BCUT2D eigenvalue weighted by Crippen LogP contribution is -2.02. The molecule has 0 unspecified atom stereocenters. The zero-order valence-electron chi connectivity index (χ0n) is 15.8. The van der Waals surface area contributed by atoms with Crippen molar-refractivity contribution in [2.45, 2.75) is 104 Å². The quantitative estimate of drug-likeness (QED) is 0.283. The van der Waals surface area contributed by atoms with Crippen molar-refractivity contribution in [3.8, 4) is 0 Å². The van der Waals surface area contributed by atoms with Crippen LogP contribution < -0.4 is 0 Å². The Morgan fingerprint density at radius 1 is 0.652 bits per heavy atom. The first-order chi connectivity index (χ1) is 11.3. The number of hydrogen-bond acceptors (Lipinski definition) is 1. The summed E-state index contributed by atoms with van der Waals surface area (Å²) in [6.45, 7) is 6.87. The van der Waals surface area contributed by atoms with Crippen LogP contribution in [0.2, 0.25) is 0 Å². The van der Waals surface area contributed by atoms with Gasteiger partial charge in [-0.05, 0) is 60.8 Å². The highest BCUT2D eigenvalue weighted by Gasteiger charge is 2.10. The highest BCUT2D eigenvalue weighted by molar-refractivity contribution is 7.79. The van der Waals surface area contributed by atoms with Gasteiger partial charge in [0.05, 0.1) is 0 Å². The van der Waals surface area contributed by atoms with Gasteiger partial charge in [-0.1, -0.05) is 71.4 Å². The molecule has 0 heterocycles. The molecule has 1 heteroatoms. The lowest BCUT2D eigenvalue weighted by Gasteiger charge is -2.16. The molecule has 0 N–H and O–H groups in total. The highest BCUT2D eigenvalue weighted by atomic mass is 32.1. The molecule has 0 spiro atoms. The molecule has 1 aromatic carbocycles. The van der Waals surface area contributed by atoms with E-state index in [0.29, 0.717) is 0 Å². The molecule has 0 saturated carbocycles. The van der Waals surface area contributed by atoms with Gasteiger partial charge in [0, 0.05) is 5.75 Å². The van der Waals surface area contributed by atoms with E-state index in [0.717, 1.165) is 5.75 Å². The Morgan fingerprint density at radius 2 is 1.09 bits per heavy atom. The van der Waals surface area contributed by atoms with Crippen LogP contribution in [0.25, 0.3) is 0 Å². The van der Waals surface area contributed by atoms with E-state index < -0.39 is 0 Å². The molecule has 0 aliphatic rings. The van der Waals surface area contributed by atoms with Crippen LogP contribution in [-0.4, -0.2) is 0 Å². The zero-order chi connectivity index (χ0) is 16.9. The Balaban J connectivity index is 2.92. The maximum absolute atomic E-state index is 4.66. The molecular formula is C22H38S. The summed E-state index contributed by atoms with van der Waals surface area (Å²) in [6, 6.07) is 5.00. The number of benzene rings is 1. The summed E-state index contributed by atoms with van der Waals surface area (Å²) in [6.07, 6.45) is 15.7. The fraction of sp³-hybridized carbons (Fsp3) is 0.727. The average Bonchev–Trinajstić information content (AvgIpc) is 2.55. The number of unbranched alkanes of at least 4 members (excludes halogenated alkanes) is 6. The third-order valence-corrected chi connectivity index (χ3v) is 5.14. The molecule has 23 heavy (non-hydrogen) atoms. The Bertz CT molecular complexity index is 391. The van der Waals surface area contributed by atoms with Crippen LogP contribution in [0, 0.1) is 0 Å². The summed E-state index contributed by atoms with van der Waals surface area (Å²) >= 11 is 4.66. The third-order valence-electron chi connectivity index (χ3n) is 4.82. The minimum Gasteiger partial charge on any atom is -0.175 e. The van der Waals surface area contributed by atoms with E-state index in [4.69, 9.17) is 0 Å². The molecule has 0 atom stereocenters. The van der Waals surface area contributed by atoms with Crippen LogP contribution >= 0.6 is 12.6 Å². The molecule has 0 aliphatic carbocycles. The summed E-state index contributed by atoms with van der Waals surface area (Å²) < 4.78 is 0. The predicted octanol–water partition coefficient (Wildman–Crippen LogP) is 7.31. The maximum atomic E-state index is 4.66. The standard InChI is InChI=1S/C22H38S/c1-4-7-10-13-19-16-20(14-11-8-5-2)22(18-23)21(17-19)15-12-9-6-3/h16-17,23H,4-15,18H2,1-3H3. The molecule has 0 nitrogen and oxygen atoms in total. The van der Waals surface area contributed by atoms with Gasteiger partial charge < -0.3 is 0 Å². The smallest absolute Gasteiger partial charge is 0.0159 e. The Hall–Kier alpha value is -0.430. The third kappa shape index (κ3) is 7.79. The molecule has 1 aromatic rings. The first kappa shape index (κ1) is 20.6. The fourth-order valence-corrected chi connectivity index (χ4v) is 3.78. The second-order valence-electron chi connectivity index (χ2n) is 6.92. The van der Waals surface area contributed by atoms with Crippen LogP contribution in [0.1, 0.15) is 101 Å². The minimum atomic E-state index is 0.901. The lowest BCUT2D eigenvalue weighted by atomic mass is 9.90. The normalized spacial score (nSPS) is 11.1. The van der Waals surface area contributed by atoms with E-state index in [1.807, 2.05) is 0 Å². The van der Waals surface area contributed by atoms with E-state index in [-0.39, 0.29) is 0 Å². The van der Waals surface area contributed by atoms with Crippen LogP contribution in [-0.2, 0) is 25.0 Å². The molecule has 0 aromatic heterocycles. The topological polar surface area (TPSA) is 0 Å². The van der Waals surface area contributed by atoms with Crippen LogP contribution in [0.4, 0.5) is 0 Å². The van der Waals surface area contributed by atoms with E-state index >= 15 is 0 Å². The van der Waals surface area contributed by atoms with Crippen LogP contribution in [0.3, 0.4) is 0 Å². The van der Waals surface area contributed by atoms with Crippen molar-refractivity contribution in [3.63, 3.8) is 0 Å². The van der Waals surface area contributed by atoms with E-state index in [1.54, 1.807) is 22.3 Å². The molecule has 0 bridgehead atoms. The minimum absolute atomic E-state index is 0.901. The monoisotopic (exact) mass is 334 g/mol. The van der Waals surface area contributed by atoms with Crippen molar-refractivity contribution in [3.05, 3.63) is 34.4 Å². The van der Waals surface area contributed by atoms with Gasteiger partial charge >= 0.3 is 0 Å². The number of hydrogen-bond donors (Lipinski definition) is 1. The van der Waals surface area contributed by atoms with Gasteiger partial charge in [-0.25, -0.2) is 0 Å². The van der Waals surface area contributed by atoms with Crippen molar-refractivity contribution in [2.75, 3.05) is 0 Å². The fourth-order valence-electron chi connectivity index (χ4n) is 3.37. The van der Waals surface area contributed by atoms with Crippen LogP contribution in [0.5, 0.6) is 0 Å². The molecule has 132 valence electrons. The van der Waals surface area contributed by atoms with Gasteiger partial charge in [0.15, 0.2) is 0 Å². The lowest BCUT2D eigenvalue weighted by molar-refractivity contribution is 0.695. The summed E-state index contributed by atoms with van der Waals surface area (Å²) in [5, 5.41) is 0. The largest absolute Gasteiger partial charge is 0.175 e. The van der Waals surface area contributed by atoms with Crippen LogP contribution in [0.15, 0.2) is 12.1 Å². The summed E-state index contributed by atoms with van der Waals surface area (Å²) in [4.78, 5) is 0. The zero-order valence-corrected chi connectivity index (χ0v) is 16.7. The Kier molecular flexibility index (Phi) is 11.6. The van der Waals surface area contributed by atoms with Gasteiger partial charge in [0.1, 0.15) is 0 Å². The second-order valence-corrected chi connectivity index (χ2v) is 7.24. The predicted molar refractivity (Wildman–Crippen MR) is 109 cm³/mol. The molecular weight excluding hydrogens is 296 g/mol. The van der Waals surface area contributed by atoms with Crippen molar-refractivity contribution in [1.82, 2.24) is 0 Å². The van der Waals surface area contributed by atoms with Gasteiger partial charge in [0.25, 0.3) is 0 Å². The van der Waals surface area contributed by atoms with E-state index in [9.17, 15) is 0 Å². The molecule has 1 rings (SSSR count). The van der Waals surface area contributed by atoms with Crippen molar-refractivity contribution < 1.29 is 0 Å². The molecule has 0 amide bonds. The molecule has 0 radical (unpaired) electrons. The number of rotatable bonds is 13. The Labute approximate surface area is 150 Å². The van der Waals surface area contributed by atoms with Gasteiger partial charge in [-0.15, -0.1) is 0 Å². The van der Waals surface area contributed by atoms with Gasteiger partial charge in [-0.2, -0.15) is 12.6 Å². The van der Waals surface area contributed by atoms with Gasteiger partial charge in [0.2, 0.25) is 0 Å². The van der Waals surface area contributed by atoms with Crippen molar-refractivity contribution in [1.29, 1.82) is 0 Å². The Morgan fingerprint density at radius 3 is 1.48 bits per heavy atom. The SMILES string of the molecule is CCCCCc1cc(CCCCC)c(CS)c(CCCCC)c1. The summed E-state index contributed by atoms with van der Waals surface area (Å²) in [5.41, 5.74) is 6.30. The van der Waals surface area contributed by atoms with Crippen molar-refractivity contribution in [2.24, 2.45) is 0 Å². The first-order valence-electron chi connectivity index (χ1n) is 10.0. The molecule has 0 saturated heterocycles. The number of thiol groups is 1. The van der Waals surface area contributed by atoms with Gasteiger partial charge in [-0.3, -0.25) is 0 Å². The average molecular weight is 335 g/mol. The van der Waals surface area contributed by atoms with E-state index in [1.165, 1.54) is 77.0 Å². The molecule has 0 fully saturated rings. The van der Waals surface area contributed by atoms with E-state index in [2.05, 4.69) is 45.5 Å². The van der Waals surface area contributed by atoms with Crippen molar-refractivity contribution >= 4 is 12.6 Å². The number of aryl methyl sites for hydroxylation is 3. The summed E-state index contributed by atoms with van der Waals surface area (Å²) in [7, 11) is 0. The highest BCUT2D eigenvalue weighted by Crippen LogP contribution is 2.25. The maximum Gasteiger partial charge on any atom is 0.0159 e. The second kappa shape index (κ2) is 12.9. The molecule has 0 aliphatic heterocycles. The first-order valence-corrected chi connectivity index (χ1v) is 10.6.